The molecule has 1 aromatic rings. The summed E-state index contributed by atoms with van der Waals surface area (Å²) in [5.41, 5.74) is 2.12. The molecular weight excluding hydrogens is 333 g/mol. The van der Waals surface area contributed by atoms with E-state index < -0.39 is 0 Å². The molecule has 2 rings (SSSR count). The largest absolute Gasteiger partial charge is 0.350 e. The first kappa shape index (κ1) is 22.2. The molecule has 0 bridgehead atoms. The summed E-state index contributed by atoms with van der Waals surface area (Å²) in [4.78, 5) is 14.7. The van der Waals surface area contributed by atoms with E-state index >= 15 is 0 Å². The first-order valence-electron chi connectivity index (χ1n) is 7.82. The van der Waals surface area contributed by atoms with Gasteiger partial charge < -0.3 is 15.5 Å². The standard InChI is InChI=1S/C17H27N3O.2ClH/c1-4-17(10-7-11-19-17)16(21)18-12-14-8-5-6-9-15(14)13-20(2)3;;/h5-6,8-9,19H,4,7,10-13H2,1-3H3,(H,18,21);2*1H. The molecule has 1 fully saturated rings. The average molecular weight is 362 g/mol. The van der Waals surface area contributed by atoms with Crippen molar-refractivity contribution in [2.45, 2.75) is 44.8 Å². The van der Waals surface area contributed by atoms with Gasteiger partial charge in [0.15, 0.2) is 0 Å². The highest BCUT2D eigenvalue weighted by Crippen LogP contribution is 2.23. The van der Waals surface area contributed by atoms with Gasteiger partial charge in [0.05, 0.1) is 5.54 Å². The van der Waals surface area contributed by atoms with E-state index in [1.165, 1.54) is 11.1 Å². The molecule has 1 aliphatic rings. The minimum Gasteiger partial charge on any atom is -0.350 e. The van der Waals surface area contributed by atoms with Crippen LogP contribution in [-0.4, -0.2) is 37.0 Å². The molecule has 1 aromatic carbocycles. The van der Waals surface area contributed by atoms with Crippen LogP contribution in [-0.2, 0) is 17.9 Å². The maximum atomic E-state index is 12.5. The van der Waals surface area contributed by atoms with E-state index in [2.05, 4.69) is 54.8 Å². The van der Waals surface area contributed by atoms with Crippen molar-refractivity contribution in [3.05, 3.63) is 35.4 Å². The third-order valence-electron chi connectivity index (χ3n) is 4.33. The molecule has 2 N–H and O–H groups in total. The molecule has 1 aliphatic heterocycles. The summed E-state index contributed by atoms with van der Waals surface area (Å²) in [5.74, 6) is 0.141. The first-order chi connectivity index (χ1) is 10.1. The summed E-state index contributed by atoms with van der Waals surface area (Å²) in [6.45, 7) is 4.52. The molecule has 0 spiro atoms. The van der Waals surface area contributed by atoms with Crippen LogP contribution in [0.5, 0.6) is 0 Å². The number of benzene rings is 1. The highest BCUT2D eigenvalue weighted by Gasteiger charge is 2.38. The van der Waals surface area contributed by atoms with Crippen molar-refractivity contribution in [3.63, 3.8) is 0 Å². The van der Waals surface area contributed by atoms with Crippen LogP contribution >= 0.6 is 24.8 Å². The number of hydrogen-bond donors (Lipinski definition) is 2. The number of nitrogens with zero attached hydrogens (tertiary/aromatic N) is 1. The molecular formula is C17H29Cl2N3O. The quantitative estimate of drug-likeness (QED) is 0.818. The Morgan fingerprint density at radius 1 is 1.26 bits per heavy atom. The van der Waals surface area contributed by atoms with Gasteiger partial charge in [0.25, 0.3) is 0 Å². The predicted octanol–water partition coefficient (Wildman–Crippen LogP) is 2.74. The zero-order valence-corrected chi connectivity index (χ0v) is 15.9. The van der Waals surface area contributed by atoms with Crippen LogP contribution in [0.3, 0.4) is 0 Å². The fourth-order valence-electron chi connectivity index (χ4n) is 3.03. The fraction of sp³-hybridized carbons (Fsp3) is 0.588. The van der Waals surface area contributed by atoms with Crippen molar-refractivity contribution < 1.29 is 4.79 Å². The van der Waals surface area contributed by atoms with E-state index in [9.17, 15) is 4.79 Å². The van der Waals surface area contributed by atoms with Gasteiger partial charge in [-0.1, -0.05) is 31.2 Å². The highest BCUT2D eigenvalue weighted by molar-refractivity contribution is 5.86. The smallest absolute Gasteiger partial charge is 0.240 e. The predicted molar refractivity (Wildman–Crippen MR) is 100 cm³/mol. The number of carbonyl (C=O) groups excluding carboxylic acids is 1. The first-order valence-corrected chi connectivity index (χ1v) is 7.82. The van der Waals surface area contributed by atoms with E-state index in [4.69, 9.17) is 0 Å². The van der Waals surface area contributed by atoms with Crippen LogP contribution in [0.25, 0.3) is 0 Å². The number of rotatable bonds is 6. The van der Waals surface area contributed by atoms with Crippen LogP contribution in [0, 0.1) is 0 Å². The minimum atomic E-state index is -0.351. The van der Waals surface area contributed by atoms with E-state index in [1.807, 2.05) is 6.07 Å². The van der Waals surface area contributed by atoms with Crippen molar-refractivity contribution in [3.8, 4) is 0 Å². The van der Waals surface area contributed by atoms with Crippen LogP contribution in [0.1, 0.15) is 37.3 Å². The summed E-state index contributed by atoms with van der Waals surface area (Å²) in [6, 6.07) is 8.31. The third kappa shape index (κ3) is 5.64. The average Bonchev–Trinajstić information content (AvgIpc) is 2.95. The summed E-state index contributed by atoms with van der Waals surface area (Å²) >= 11 is 0. The number of nitrogens with one attached hydrogen (secondary N) is 2. The monoisotopic (exact) mass is 361 g/mol. The maximum Gasteiger partial charge on any atom is 0.240 e. The van der Waals surface area contributed by atoms with Crippen LogP contribution in [0.4, 0.5) is 0 Å². The Hall–Kier alpha value is -0.810. The van der Waals surface area contributed by atoms with E-state index in [1.54, 1.807) is 0 Å². The second kappa shape index (κ2) is 10.1. The summed E-state index contributed by atoms with van der Waals surface area (Å²) in [5, 5.41) is 6.51. The van der Waals surface area contributed by atoms with Gasteiger partial charge in [-0.05, 0) is 51.0 Å². The van der Waals surface area contributed by atoms with Crippen LogP contribution in [0.15, 0.2) is 24.3 Å². The van der Waals surface area contributed by atoms with Crippen LogP contribution < -0.4 is 10.6 Å². The number of hydrogen-bond acceptors (Lipinski definition) is 3. The topological polar surface area (TPSA) is 44.4 Å². The molecule has 1 atom stereocenters. The van der Waals surface area contributed by atoms with Gasteiger partial charge in [0.2, 0.25) is 5.91 Å². The lowest BCUT2D eigenvalue weighted by molar-refractivity contribution is -0.127. The SMILES string of the molecule is CCC1(C(=O)NCc2ccccc2CN(C)C)CCCN1.Cl.Cl. The molecule has 1 saturated heterocycles. The number of carbonyl (C=O) groups is 1. The summed E-state index contributed by atoms with van der Waals surface area (Å²) < 4.78 is 0. The molecule has 0 saturated carbocycles. The van der Waals surface area contributed by atoms with E-state index in [0.717, 1.165) is 32.4 Å². The van der Waals surface area contributed by atoms with Gasteiger partial charge in [0.1, 0.15) is 0 Å². The van der Waals surface area contributed by atoms with Crippen molar-refractivity contribution in [1.82, 2.24) is 15.5 Å². The highest BCUT2D eigenvalue weighted by atomic mass is 35.5. The number of halogens is 2. The Bertz CT molecular complexity index is 488. The summed E-state index contributed by atoms with van der Waals surface area (Å²) in [6.07, 6.45) is 2.87. The molecule has 6 heteroatoms. The molecule has 4 nitrogen and oxygen atoms in total. The fourth-order valence-corrected chi connectivity index (χ4v) is 3.03. The van der Waals surface area contributed by atoms with Gasteiger partial charge in [-0.25, -0.2) is 0 Å². The van der Waals surface area contributed by atoms with E-state index in [0.29, 0.717) is 6.54 Å². The van der Waals surface area contributed by atoms with Crippen molar-refractivity contribution >= 4 is 30.7 Å². The van der Waals surface area contributed by atoms with Crippen molar-refractivity contribution in [1.29, 1.82) is 0 Å². The lowest BCUT2D eigenvalue weighted by Crippen LogP contribution is -2.52. The Balaban J connectivity index is 0.00000242. The third-order valence-corrected chi connectivity index (χ3v) is 4.33. The molecule has 1 heterocycles. The van der Waals surface area contributed by atoms with Crippen molar-refractivity contribution in [2.24, 2.45) is 0 Å². The van der Waals surface area contributed by atoms with Gasteiger partial charge in [0, 0.05) is 13.1 Å². The second-order valence-corrected chi connectivity index (χ2v) is 6.16. The van der Waals surface area contributed by atoms with Crippen molar-refractivity contribution in [2.75, 3.05) is 20.6 Å². The minimum absolute atomic E-state index is 0. The zero-order valence-electron chi connectivity index (χ0n) is 14.2. The molecule has 132 valence electrons. The second-order valence-electron chi connectivity index (χ2n) is 6.16. The lowest BCUT2D eigenvalue weighted by Gasteiger charge is -2.27. The Kier molecular flexibility index (Phi) is 9.78. The Morgan fingerprint density at radius 2 is 1.91 bits per heavy atom. The Morgan fingerprint density at radius 3 is 2.43 bits per heavy atom. The van der Waals surface area contributed by atoms with Gasteiger partial charge in [-0.15, -0.1) is 24.8 Å². The lowest BCUT2D eigenvalue weighted by atomic mass is 9.93. The molecule has 0 radical (unpaired) electrons. The molecule has 0 aliphatic carbocycles. The maximum absolute atomic E-state index is 12.5. The number of amides is 1. The normalized spacial score (nSPS) is 19.8. The molecule has 1 amide bonds. The van der Waals surface area contributed by atoms with Gasteiger partial charge >= 0.3 is 0 Å². The molecule has 23 heavy (non-hydrogen) atoms. The zero-order chi connectivity index (χ0) is 15.3. The van der Waals surface area contributed by atoms with Crippen LogP contribution in [0.2, 0.25) is 0 Å². The Labute approximate surface area is 152 Å². The summed E-state index contributed by atoms with van der Waals surface area (Å²) in [7, 11) is 4.12. The van der Waals surface area contributed by atoms with E-state index in [-0.39, 0.29) is 36.3 Å². The molecule has 1 unspecified atom stereocenters. The van der Waals surface area contributed by atoms with Gasteiger partial charge in [-0.2, -0.15) is 0 Å². The molecule has 0 aromatic heterocycles. The van der Waals surface area contributed by atoms with Gasteiger partial charge in [-0.3, -0.25) is 4.79 Å².